The van der Waals surface area contributed by atoms with E-state index in [9.17, 15) is 9.59 Å². The molecule has 0 atom stereocenters. The van der Waals surface area contributed by atoms with Gasteiger partial charge in [0.15, 0.2) is 11.3 Å². The van der Waals surface area contributed by atoms with Crippen LogP contribution < -0.4 is 15.7 Å². The average molecular weight is 413 g/mol. The van der Waals surface area contributed by atoms with Gasteiger partial charge in [0.1, 0.15) is 16.6 Å². The van der Waals surface area contributed by atoms with Gasteiger partial charge in [-0.15, -0.1) is 0 Å². The van der Waals surface area contributed by atoms with Gasteiger partial charge in [-0.1, -0.05) is 30.3 Å². The average Bonchev–Trinajstić information content (AvgIpc) is 3.26. The maximum Gasteiger partial charge on any atom is 0.349 e. The zero-order valence-corrected chi connectivity index (χ0v) is 16.3. The Bertz CT molecular complexity index is 1500. The van der Waals surface area contributed by atoms with Gasteiger partial charge in [0.05, 0.1) is 7.11 Å². The van der Waals surface area contributed by atoms with Gasteiger partial charge in [-0.05, 0) is 57.8 Å². The maximum absolute atomic E-state index is 12.8. The highest BCUT2D eigenvalue weighted by molar-refractivity contribution is 6.06. The van der Waals surface area contributed by atoms with Gasteiger partial charge in [0, 0.05) is 11.1 Å². The van der Waals surface area contributed by atoms with Gasteiger partial charge in [-0.3, -0.25) is 4.79 Å². The molecule has 2 heterocycles. The van der Waals surface area contributed by atoms with Gasteiger partial charge in [0.25, 0.3) is 5.91 Å². The van der Waals surface area contributed by atoms with Crippen LogP contribution >= 0.6 is 0 Å². The first-order valence-corrected chi connectivity index (χ1v) is 9.37. The predicted molar refractivity (Wildman–Crippen MR) is 114 cm³/mol. The van der Waals surface area contributed by atoms with Crippen molar-refractivity contribution < 1.29 is 18.6 Å². The molecule has 0 spiro atoms. The summed E-state index contributed by atoms with van der Waals surface area (Å²) in [7, 11) is 1.49. The molecule has 1 N–H and O–H groups in total. The van der Waals surface area contributed by atoms with E-state index in [1.807, 2.05) is 24.3 Å². The number of hydrogen-bond acceptors (Lipinski definition) is 7. The summed E-state index contributed by atoms with van der Waals surface area (Å²) in [4.78, 5) is 25.2. The number of para-hydroxylation sites is 1. The molecule has 0 unspecified atom stereocenters. The van der Waals surface area contributed by atoms with E-state index in [-0.39, 0.29) is 5.56 Å². The van der Waals surface area contributed by atoms with E-state index >= 15 is 0 Å². The molecule has 0 saturated carbocycles. The van der Waals surface area contributed by atoms with Crippen molar-refractivity contribution in [3.05, 3.63) is 82.7 Å². The summed E-state index contributed by atoms with van der Waals surface area (Å²) in [5.74, 6) is -0.139. The summed E-state index contributed by atoms with van der Waals surface area (Å²) < 4.78 is 15.3. The molecule has 1 amide bonds. The van der Waals surface area contributed by atoms with Crippen LogP contribution in [0.1, 0.15) is 10.4 Å². The number of carbonyl (C=O) groups excluding carboxylic acids is 1. The molecule has 2 aromatic heterocycles. The fraction of sp³-hybridized carbons (Fsp3) is 0.0435. The topological polar surface area (TPSA) is 107 Å². The summed E-state index contributed by atoms with van der Waals surface area (Å²) in [5, 5.41) is 11.0. The SMILES string of the molecule is COc1cccc2cc(C(=O)Nc3cccc(-c4ccc5nonc5c4)c3)c(=O)oc12. The minimum Gasteiger partial charge on any atom is -0.493 e. The highest BCUT2D eigenvalue weighted by Crippen LogP contribution is 2.27. The molecule has 0 aliphatic heterocycles. The van der Waals surface area contributed by atoms with Gasteiger partial charge < -0.3 is 14.5 Å². The third-order valence-electron chi connectivity index (χ3n) is 4.90. The first-order chi connectivity index (χ1) is 15.1. The standard InChI is InChI=1S/C23H15N3O5/c1-29-20-7-3-5-15-11-17(23(28)30-21(15)20)22(27)24-16-6-2-4-13(10-16)14-8-9-18-19(12-14)26-31-25-18/h2-12H,1H3,(H,24,27). The molecule has 0 aliphatic rings. The number of amides is 1. The van der Waals surface area contributed by atoms with Gasteiger partial charge in [0.2, 0.25) is 0 Å². The zero-order valence-electron chi connectivity index (χ0n) is 16.3. The van der Waals surface area contributed by atoms with Crippen LogP contribution in [-0.2, 0) is 0 Å². The minimum atomic E-state index is -0.741. The monoisotopic (exact) mass is 413 g/mol. The van der Waals surface area contributed by atoms with Crippen molar-refractivity contribution in [2.24, 2.45) is 0 Å². The number of nitrogens with one attached hydrogen (secondary N) is 1. The maximum atomic E-state index is 12.8. The molecule has 152 valence electrons. The van der Waals surface area contributed by atoms with Crippen molar-refractivity contribution in [2.75, 3.05) is 12.4 Å². The van der Waals surface area contributed by atoms with Crippen molar-refractivity contribution in [2.45, 2.75) is 0 Å². The molecule has 0 saturated heterocycles. The molecule has 31 heavy (non-hydrogen) atoms. The lowest BCUT2D eigenvalue weighted by molar-refractivity contribution is 0.102. The van der Waals surface area contributed by atoms with Gasteiger partial charge >= 0.3 is 5.63 Å². The third kappa shape index (κ3) is 3.40. The van der Waals surface area contributed by atoms with E-state index in [0.717, 1.165) is 11.1 Å². The third-order valence-corrected chi connectivity index (χ3v) is 4.90. The molecule has 0 bridgehead atoms. The van der Waals surface area contributed by atoms with Crippen molar-refractivity contribution in [3.63, 3.8) is 0 Å². The number of hydrogen-bond donors (Lipinski definition) is 1. The van der Waals surface area contributed by atoms with Crippen LogP contribution in [0, 0.1) is 0 Å². The Morgan fingerprint density at radius 3 is 2.61 bits per heavy atom. The summed E-state index contributed by atoms with van der Waals surface area (Å²) >= 11 is 0. The fourth-order valence-corrected chi connectivity index (χ4v) is 3.37. The van der Waals surface area contributed by atoms with Gasteiger partial charge in [-0.25, -0.2) is 9.42 Å². The number of methoxy groups -OCH3 is 1. The van der Waals surface area contributed by atoms with E-state index < -0.39 is 11.5 Å². The van der Waals surface area contributed by atoms with Crippen LogP contribution in [0.4, 0.5) is 5.69 Å². The molecule has 5 aromatic rings. The number of anilines is 1. The summed E-state index contributed by atoms with van der Waals surface area (Å²) in [6, 6.07) is 19.5. The molecular weight excluding hydrogens is 398 g/mol. The summed E-state index contributed by atoms with van der Waals surface area (Å²) in [6.45, 7) is 0. The number of fused-ring (bicyclic) bond motifs is 2. The van der Waals surface area contributed by atoms with Crippen molar-refractivity contribution in [3.8, 4) is 16.9 Å². The van der Waals surface area contributed by atoms with Crippen molar-refractivity contribution >= 4 is 33.6 Å². The van der Waals surface area contributed by atoms with Crippen LogP contribution in [-0.4, -0.2) is 23.3 Å². The highest BCUT2D eigenvalue weighted by Gasteiger charge is 2.16. The highest BCUT2D eigenvalue weighted by atomic mass is 16.6. The largest absolute Gasteiger partial charge is 0.493 e. The second kappa shape index (κ2) is 7.42. The number of ether oxygens (including phenoxy) is 1. The fourth-order valence-electron chi connectivity index (χ4n) is 3.37. The lowest BCUT2D eigenvalue weighted by Crippen LogP contribution is -2.20. The Labute approximate surface area is 175 Å². The number of nitrogens with zero attached hydrogens (tertiary/aromatic N) is 2. The molecule has 0 fully saturated rings. The van der Waals surface area contributed by atoms with Crippen molar-refractivity contribution in [1.82, 2.24) is 10.3 Å². The van der Waals surface area contributed by atoms with E-state index in [2.05, 4.69) is 15.6 Å². The quantitative estimate of drug-likeness (QED) is 0.439. The zero-order chi connectivity index (χ0) is 21.4. The minimum absolute atomic E-state index is 0.0961. The van der Waals surface area contributed by atoms with Crippen LogP contribution in [0.2, 0.25) is 0 Å². The lowest BCUT2D eigenvalue weighted by Gasteiger charge is -2.08. The van der Waals surface area contributed by atoms with E-state index in [1.165, 1.54) is 13.2 Å². The van der Waals surface area contributed by atoms with Crippen LogP contribution in [0.5, 0.6) is 5.75 Å². The Kier molecular flexibility index (Phi) is 4.44. The summed E-state index contributed by atoms with van der Waals surface area (Å²) in [5.41, 5.74) is 3.03. The number of benzene rings is 3. The Morgan fingerprint density at radius 2 is 1.74 bits per heavy atom. The number of rotatable bonds is 4. The predicted octanol–water partition coefficient (Wildman–Crippen LogP) is 4.26. The Balaban J connectivity index is 1.46. The Hall–Kier alpha value is -4.46. The smallest absolute Gasteiger partial charge is 0.349 e. The van der Waals surface area contributed by atoms with Crippen molar-refractivity contribution in [1.29, 1.82) is 0 Å². The second-order valence-electron chi connectivity index (χ2n) is 6.83. The van der Waals surface area contributed by atoms with E-state index in [0.29, 0.717) is 33.4 Å². The number of aromatic nitrogens is 2. The van der Waals surface area contributed by atoms with E-state index in [1.54, 1.807) is 36.4 Å². The molecule has 8 heteroatoms. The molecule has 3 aromatic carbocycles. The lowest BCUT2D eigenvalue weighted by atomic mass is 10.0. The van der Waals surface area contributed by atoms with E-state index in [4.69, 9.17) is 13.8 Å². The number of carbonyl (C=O) groups is 1. The molecule has 0 aliphatic carbocycles. The van der Waals surface area contributed by atoms with Crippen LogP contribution in [0.15, 0.2) is 80.6 Å². The normalized spacial score (nSPS) is 11.0. The molecule has 5 rings (SSSR count). The Morgan fingerprint density at radius 1 is 0.935 bits per heavy atom. The summed E-state index contributed by atoms with van der Waals surface area (Å²) in [6.07, 6.45) is 0. The first-order valence-electron chi connectivity index (χ1n) is 9.37. The van der Waals surface area contributed by atoms with Gasteiger partial charge in [-0.2, -0.15) is 0 Å². The van der Waals surface area contributed by atoms with Crippen LogP contribution in [0.3, 0.4) is 0 Å². The first kappa shape index (κ1) is 18.6. The second-order valence-corrected chi connectivity index (χ2v) is 6.83. The molecule has 0 radical (unpaired) electrons. The molecular formula is C23H15N3O5. The molecule has 8 nitrogen and oxygen atoms in total. The van der Waals surface area contributed by atoms with Crippen LogP contribution in [0.25, 0.3) is 33.1 Å².